The van der Waals surface area contributed by atoms with Crippen molar-refractivity contribution in [1.29, 1.82) is 0 Å². The molecule has 2 aromatic rings. The molecule has 0 aliphatic carbocycles. The Labute approximate surface area is 138 Å². The zero-order valence-corrected chi connectivity index (χ0v) is 14.0. The highest BCUT2D eigenvalue weighted by Crippen LogP contribution is 2.39. The van der Waals surface area contributed by atoms with E-state index in [0.29, 0.717) is 17.0 Å². The Hall–Kier alpha value is -1.85. The molecule has 0 saturated carbocycles. The van der Waals surface area contributed by atoms with Crippen LogP contribution < -0.4 is 4.90 Å². The van der Waals surface area contributed by atoms with E-state index >= 15 is 0 Å². The molecule has 0 unspecified atom stereocenters. The van der Waals surface area contributed by atoms with E-state index in [1.165, 1.54) is 17.6 Å². The van der Waals surface area contributed by atoms with Crippen LogP contribution in [0, 0.1) is 0 Å². The molecule has 0 bridgehead atoms. The average molecular weight is 338 g/mol. The van der Waals surface area contributed by atoms with E-state index in [-0.39, 0.29) is 0 Å². The van der Waals surface area contributed by atoms with Crippen molar-refractivity contribution in [3.8, 4) is 0 Å². The van der Waals surface area contributed by atoms with E-state index in [4.69, 9.17) is 4.74 Å². The van der Waals surface area contributed by atoms with E-state index in [9.17, 15) is 15.3 Å². The molecular formula is C14H22N6O4. The number of nitrogens with zero attached hydrogens (tertiary/aromatic N) is 6. The van der Waals surface area contributed by atoms with Crippen LogP contribution >= 0.6 is 0 Å². The summed E-state index contributed by atoms with van der Waals surface area (Å²) in [7, 11) is 6.90. The van der Waals surface area contributed by atoms with Gasteiger partial charge in [-0.05, 0) is 14.1 Å². The molecule has 3 heterocycles. The van der Waals surface area contributed by atoms with Crippen molar-refractivity contribution in [2.24, 2.45) is 0 Å². The van der Waals surface area contributed by atoms with Gasteiger partial charge in [0.15, 0.2) is 28.9 Å². The van der Waals surface area contributed by atoms with Gasteiger partial charge >= 0.3 is 0 Å². The molecule has 4 atom stereocenters. The summed E-state index contributed by atoms with van der Waals surface area (Å²) in [5.74, 6) is 0.632. The zero-order valence-electron chi connectivity index (χ0n) is 14.0. The molecule has 3 N–H and O–H groups in total. The number of likely N-dealkylation sites (N-methyl/N-ethyl adjacent to an activating group) is 1. The Morgan fingerprint density at radius 1 is 1.25 bits per heavy atom. The lowest BCUT2D eigenvalue weighted by Crippen LogP contribution is -2.59. The second kappa shape index (κ2) is 5.90. The SMILES string of the molecule is CN(C)c1ncnc2c1ncn2[C@@H]1O[C@H](CO)[C@](O)(N(C)C)[C@H]1O. The number of rotatable bonds is 4. The maximum atomic E-state index is 10.8. The molecule has 0 aromatic carbocycles. The largest absolute Gasteiger partial charge is 0.393 e. The smallest absolute Gasteiger partial charge is 0.177 e. The van der Waals surface area contributed by atoms with Crippen LogP contribution in [0.1, 0.15) is 6.23 Å². The van der Waals surface area contributed by atoms with Crippen molar-refractivity contribution in [1.82, 2.24) is 24.4 Å². The quantitative estimate of drug-likeness (QED) is 0.566. The Morgan fingerprint density at radius 2 is 1.96 bits per heavy atom. The lowest BCUT2D eigenvalue weighted by atomic mass is 10.0. The first kappa shape index (κ1) is 17.0. The van der Waals surface area contributed by atoms with E-state index < -0.39 is 30.8 Å². The van der Waals surface area contributed by atoms with Crippen molar-refractivity contribution in [2.75, 3.05) is 39.7 Å². The van der Waals surface area contributed by atoms with Crippen LogP contribution in [0.25, 0.3) is 11.2 Å². The van der Waals surface area contributed by atoms with E-state index in [0.717, 1.165) is 0 Å². The van der Waals surface area contributed by atoms with Gasteiger partial charge in [0.1, 0.15) is 18.5 Å². The van der Waals surface area contributed by atoms with Crippen molar-refractivity contribution in [2.45, 2.75) is 24.2 Å². The minimum absolute atomic E-state index is 0.438. The van der Waals surface area contributed by atoms with Gasteiger partial charge in [0.2, 0.25) is 0 Å². The summed E-state index contributed by atoms with van der Waals surface area (Å²) in [6, 6.07) is 0. The average Bonchev–Trinajstić information content (AvgIpc) is 3.08. The number of fused-ring (bicyclic) bond motifs is 1. The maximum Gasteiger partial charge on any atom is 0.177 e. The lowest BCUT2D eigenvalue weighted by molar-refractivity contribution is -0.174. The van der Waals surface area contributed by atoms with Crippen LogP contribution in [0.15, 0.2) is 12.7 Å². The van der Waals surface area contributed by atoms with Gasteiger partial charge in [-0.25, -0.2) is 15.0 Å². The second-order valence-electron chi connectivity index (χ2n) is 6.24. The summed E-state index contributed by atoms with van der Waals surface area (Å²) >= 11 is 0. The lowest BCUT2D eigenvalue weighted by Gasteiger charge is -2.36. The molecule has 1 saturated heterocycles. The highest BCUT2D eigenvalue weighted by Gasteiger charge is 2.57. The van der Waals surface area contributed by atoms with Gasteiger partial charge in [0, 0.05) is 14.1 Å². The molecule has 1 fully saturated rings. The highest BCUT2D eigenvalue weighted by molar-refractivity contribution is 5.83. The fraction of sp³-hybridized carbons (Fsp3) is 0.643. The number of aliphatic hydroxyl groups is 3. The van der Waals surface area contributed by atoms with E-state index in [1.807, 2.05) is 14.1 Å². The first-order valence-corrected chi connectivity index (χ1v) is 7.51. The van der Waals surface area contributed by atoms with Gasteiger partial charge in [0.25, 0.3) is 0 Å². The first-order valence-electron chi connectivity index (χ1n) is 7.51. The van der Waals surface area contributed by atoms with Crippen LogP contribution in [-0.2, 0) is 4.74 Å². The number of imidazole rings is 1. The molecule has 0 spiro atoms. The highest BCUT2D eigenvalue weighted by atomic mass is 16.6. The van der Waals surface area contributed by atoms with E-state index in [1.54, 1.807) is 23.6 Å². The third-order valence-electron chi connectivity index (χ3n) is 4.40. The van der Waals surface area contributed by atoms with Crippen molar-refractivity contribution in [3.05, 3.63) is 12.7 Å². The number of ether oxygens (including phenoxy) is 1. The van der Waals surface area contributed by atoms with Crippen molar-refractivity contribution in [3.63, 3.8) is 0 Å². The molecule has 0 radical (unpaired) electrons. The summed E-state index contributed by atoms with van der Waals surface area (Å²) < 4.78 is 7.25. The van der Waals surface area contributed by atoms with Crippen molar-refractivity contribution >= 4 is 17.0 Å². The topological polar surface area (TPSA) is 120 Å². The van der Waals surface area contributed by atoms with E-state index in [2.05, 4.69) is 15.0 Å². The maximum absolute atomic E-state index is 10.8. The van der Waals surface area contributed by atoms with Crippen LogP contribution in [0.2, 0.25) is 0 Å². The molecule has 24 heavy (non-hydrogen) atoms. The van der Waals surface area contributed by atoms with Gasteiger partial charge in [0.05, 0.1) is 12.9 Å². The monoisotopic (exact) mass is 338 g/mol. The number of hydrogen-bond acceptors (Lipinski definition) is 9. The van der Waals surface area contributed by atoms with Crippen LogP contribution in [0.4, 0.5) is 5.82 Å². The second-order valence-corrected chi connectivity index (χ2v) is 6.24. The normalized spacial score (nSPS) is 30.4. The molecule has 10 nitrogen and oxygen atoms in total. The van der Waals surface area contributed by atoms with Gasteiger partial charge in [-0.15, -0.1) is 0 Å². The number of anilines is 1. The fourth-order valence-electron chi connectivity index (χ4n) is 3.04. The summed E-state index contributed by atoms with van der Waals surface area (Å²) in [6.07, 6.45) is -0.334. The summed E-state index contributed by atoms with van der Waals surface area (Å²) in [5, 5.41) is 31.0. The Bertz CT molecular complexity index is 735. The fourth-order valence-corrected chi connectivity index (χ4v) is 3.04. The third kappa shape index (κ3) is 2.26. The molecule has 10 heteroatoms. The Morgan fingerprint density at radius 3 is 2.50 bits per heavy atom. The molecular weight excluding hydrogens is 316 g/mol. The minimum Gasteiger partial charge on any atom is -0.393 e. The van der Waals surface area contributed by atoms with Crippen LogP contribution in [0.3, 0.4) is 0 Å². The Kier molecular flexibility index (Phi) is 4.18. The number of aliphatic hydroxyl groups excluding tert-OH is 2. The summed E-state index contributed by atoms with van der Waals surface area (Å²) in [6.45, 7) is -0.438. The minimum atomic E-state index is -1.73. The Balaban J connectivity index is 2.07. The number of hydrogen-bond donors (Lipinski definition) is 3. The van der Waals surface area contributed by atoms with Gasteiger partial charge in [-0.2, -0.15) is 0 Å². The first-order chi connectivity index (χ1) is 11.3. The van der Waals surface area contributed by atoms with Crippen LogP contribution in [0.5, 0.6) is 0 Å². The van der Waals surface area contributed by atoms with Gasteiger partial charge in [-0.1, -0.05) is 0 Å². The molecule has 132 valence electrons. The number of aromatic nitrogens is 4. The standard InChI is InChI=1S/C14H22N6O4/c1-18(2)11-9-12(16-6-15-11)20(7-17-9)13-10(22)14(23,19(3)4)8(5-21)24-13/h6-8,10,13,21-23H,5H2,1-4H3/t8-,10+,13-,14-/m1/s1. The molecule has 0 amide bonds. The predicted molar refractivity (Wildman–Crippen MR) is 85.3 cm³/mol. The zero-order chi connectivity index (χ0) is 17.6. The molecule has 1 aliphatic heterocycles. The molecule has 2 aromatic heterocycles. The van der Waals surface area contributed by atoms with Crippen LogP contribution in [-0.4, -0.2) is 92.5 Å². The third-order valence-corrected chi connectivity index (χ3v) is 4.40. The summed E-state index contributed by atoms with van der Waals surface area (Å²) in [5.41, 5.74) is -0.704. The van der Waals surface area contributed by atoms with Crippen molar-refractivity contribution < 1.29 is 20.1 Å². The van der Waals surface area contributed by atoms with Gasteiger partial charge < -0.3 is 25.0 Å². The molecule has 3 rings (SSSR count). The summed E-state index contributed by atoms with van der Waals surface area (Å²) in [4.78, 5) is 16.0. The molecule has 1 aliphatic rings. The van der Waals surface area contributed by atoms with Gasteiger partial charge in [-0.3, -0.25) is 9.47 Å². The predicted octanol–water partition coefficient (Wildman–Crippen LogP) is -1.61.